The molecule has 8 nitrogen and oxygen atoms in total. The van der Waals surface area contributed by atoms with E-state index in [-0.39, 0.29) is 21.8 Å². The van der Waals surface area contributed by atoms with Gasteiger partial charge < -0.3 is 18.0 Å². The van der Waals surface area contributed by atoms with Crippen LogP contribution in [0, 0.1) is 0 Å². The van der Waals surface area contributed by atoms with Gasteiger partial charge in [-0.25, -0.2) is 15.0 Å². The van der Waals surface area contributed by atoms with E-state index < -0.39 is 54.5 Å². The average molecular weight is 1000 g/mol. The van der Waals surface area contributed by atoms with Crippen LogP contribution in [0.3, 0.4) is 0 Å². The summed E-state index contributed by atoms with van der Waals surface area (Å²) < 4.78 is 34.5. The molecule has 1 fully saturated rings. The molecule has 360 valence electrons. The molecule has 8 aromatic rings. The number of benzene rings is 6. The van der Waals surface area contributed by atoms with Gasteiger partial charge in [0.25, 0.3) is 25.0 Å². The van der Waals surface area contributed by atoms with Gasteiger partial charge >= 0.3 is 0 Å². The van der Waals surface area contributed by atoms with E-state index >= 15 is 0 Å². The molecule has 0 bridgehead atoms. The molecular weight excluding hydrogens is 936 g/mol. The zero-order valence-electron chi connectivity index (χ0n) is 41.8. The zero-order valence-corrected chi connectivity index (χ0v) is 45.5. The normalized spacial score (nSPS) is 18.3. The Morgan fingerprint density at radius 1 is 0.471 bits per heavy atom. The zero-order chi connectivity index (χ0) is 49.4. The maximum atomic E-state index is 8.47. The van der Waals surface area contributed by atoms with Gasteiger partial charge in [0.1, 0.15) is 30.2 Å². The van der Waals surface area contributed by atoms with Crippen LogP contribution in [0.2, 0.25) is 20.3 Å². The first-order chi connectivity index (χ1) is 33.5. The van der Waals surface area contributed by atoms with Gasteiger partial charge in [0.15, 0.2) is 17.0 Å². The van der Waals surface area contributed by atoms with Crippen LogP contribution in [-0.4, -0.2) is 69.4 Å². The maximum absolute atomic E-state index is 8.47. The van der Waals surface area contributed by atoms with Crippen LogP contribution in [0.15, 0.2) is 195 Å². The molecule has 1 aliphatic heterocycles. The van der Waals surface area contributed by atoms with Crippen LogP contribution in [0.25, 0.3) is 11.2 Å². The molecule has 0 radical (unpaired) electrons. The van der Waals surface area contributed by atoms with Gasteiger partial charge in [-0.1, -0.05) is 256 Å². The third kappa shape index (κ3) is 8.78. The minimum absolute atomic E-state index is 0.204. The molecule has 1 aliphatic rings. The number of nitrogens with zero attached hydrogens (tertiary/aromatic N) is 4. The van der Waals surface area contributed by atoms with Crippen LogP contribution in [0.4, 0.5) is 0 Å². The smallest absolute Gasteiger partial charge is 0.261 e. The van der Waals surface area contributed by atoms with Crippen molar-refractivity contribution in [2.24, 2.45) is 0 Å². The van der Waals surface area contributed by atoms with Gasteiger partial charge in [-0.15, -0.1) is 0 Å². The number of hydrogen-bond acceptors (Lipinski definition) is 7. The molecular formula is C58H65ClN4O4Si3. The summed E-state index contributed by atoms with van der Waals surface area (Å²) >= 11 is 6.80. The molecule has 0 aliphatic carbocycles. The van der Waals surface area contributed by atoms with Crippen molar-refractivity contribution in [3.63, 3.8) is 0 Å². The van der Waals surface area contributed by atoms with Crippen molar-refractivity contribution in [3.05, 3.63) is 200 Å². The van der Waals surface area contributed by atoms with Crippen LogP contribution >= 0.6 is 11.6 Å². The fourth-order valence-electron chi connectivity index (χ4n) is 11.1. The van der Waals surface area contributed by atoms with E-state index in [2.05, 4.69) is 249 Å². The molecule has 4 atom stereocenters. The summed E-state index contributed by atoms with van der Waals surface area (Å²) in [6, 6.07) is 64.8. The second-order valence-electron chi connectivity index (χ2n) is 21.5. The lowest BCUT2D eigenvalue weighted by Gasteiger charge is -2.49. The predicted molar refractivity (Wildman–Crippen MR) is 293 cm³/mol. The Balaban J connectivity index is 1.34. The van der Waals surface area contributed by atoms with Gasteiger partial charge in [-0.3, -0.25) is 4.57 Å². The summed E-state index contributed by atoms with van der Waals surface area (Å²) in [6.45, 7) is 21.0. The largest absolute Gasteiger partial charge is 0.405 e. The molecule has 0 unspecified atom stereocenters. The number of halogens is 1. The Kier molecular flexibility index (Phi) is 14.0. The Hall–Kier alpha value is -5.35. The Bertz CT molecular complexity index is 2850. The van der Waals surface area contributed by atoms with Gasteiger partial charge in [0.2, 0.25) is 0 Å². The van der Waals surface area contributed by atoms with Crippen LogP contribution in [0.1, 0.15) is 68.5 Å². The molecule has 0 N–H and O–H groups in total. The highest BCUT2D eigenvalue weighted by Gasteiger charge is 2.62. The number of aromatic nitrogens is 4. The van der Waals surface area contributed by atoms with Crippen LogP contribution in [0.5, 0.6) is 0 Å². The number of imidazole rings is 1. The first kappa shape index (κ1) is 49.6. The molecule has 12 heteroatoms. The molecule has 0 saturated carbocycles. The Morgan fingerprint density at radius 3 is 1.17 bits per heavy atom. The first-order valence-electron chi connectivity index (χ1n) is 24.3. The van der Waals surface area contributed by atoms with Crippen molar-refractivity contribution < 1.29 is 18.0 Å². The van der Waals surface area contributed by atoms with Gasteiger partial charge in [0.05, 0.1) is 12.9 Å². The lowest BCUT2D eigenvalue weighted by Crippen LogP contribution is -2.72. The fraction of sp³-hybridized carbons (Fsp3) is 0.293. The SMILES string of the molecule is CC(C)(C)[Si](OC[C@H]1O[C@@H](n2cnc3c(Cl)ncnc32)[C@H](O[Si](c2ccccc2)(c2ccccc2)C(C)(C)C)[C@@H]1O[Si](c1ccccc1)(c1ccccc1)C(C)(C)C)(c1ccccc1)c1ccccc1. The van der Waals surface area contributed by atoms with Crippen molar-refractivity contribution in [1.29, 1.82) is 0 Å². The quantitative estimate of drug-likeness (QED) is 0.0794. The molecule has 0 amide bonds. The predicted octanol–water partition coefficient (Wildman–Crippen LogP) is 9.84. The van der Waals surface area contributed by atoms with E-state index in [9.17, 15) is 0 Å². The summed E-state index contributed by atoms with van der Waals surface area (Å²) in [5, 5.41) is 6.13. The third-order valence-corrected chi connectivity index (χ3v) is 29.6. The standard InChI is InChI=1S/C58H65ClN4O4Si3/c1-56(2,3)68(43-28-16-10-17-29-43,44-30-18-11-19-31-44)64-40-49-51(66-69(57(4,5)6,45-32-20-12-21-33-45)46-34-22-13-23-35-46)52(55(65-49)63-42-62-50-53(59)60-41-61-54(50)63)67-70(58(7,8)9,47-36-24-14-25-37-47)48-38-26-15-27-39-48/h10-39,41-42,49,51-52,55H,40H2,1-9H3/t49-,51-,52-,55-/m1/s1. The number of ether oxygens (including phenoxy) is 1. The fourth-order valence-corrected chi connectivity index (χ4v) is 25.2. The maximum Gasteiger partial charge on any atom is 0.261 e. The molecule has 2 aromatic heterocycles. The van der Waals surface area contributed by atoms with Gasteiger partial charge in [-0.2, -0.15) is 0 Å². The monoisotopic (exact) mass is 1000 g/mol. The minimum atomic E-state index is -3.36. The Morgan fingerprint density at radius 2 is 0.814 bits per heavy atom. The van der Waals surface area contributed by atoms with E-state index in [1.54, 1.807) is 6.33 Å². The molecule has 6 aromatic carbocycles. The second-order valence-corrected chi connectivity index (χ2v) is 34.7. The van der Waals surface area contributed by atoms with Crippen molar-refractivity contribution in [3.8, 4) is 0 Å². The summed E-state index contributed by atoms with van der Waals surface area (Å²) in [7, 11) is -9.84. The summed E-state index contributed by atoms with van der Waals surface area (Å²) in [5.41, 5.74) is 1.02. The highest BCUT2D eigenvalue weighted by molar-refractivity contribution is 7.01. The van der Waals surface area contributed by atoms with E-state index in [4.69, 9.17) is 39.6 Å². The number of rotatable bonds is 14. The number of fused-ring (bicyclic) bond motifs is 1. The first-order valence-corrected chi connectivity index (χ1v) is 30.4. The summed E-state index contributed by atoms with van der Waals surface area (Å²) in [5.74, 6) is 0. The average Bonchev–Trinajstić information content (AvgIpc) is 3.94. The van der Waals surface area contributed by atoms with Crippen molar-refractivity contribution in [1.82, 2.24) is 19.5 Å². The lowest BCUT2D eigenvalue weighted by atomic mass is 10.1. The van der Waals surface area contributed by atoms with Crippen LogP contribution < -0.4 is 31.1 Å². The topological polar surface area (TPSA) is 80.5 Å². The highest BCUT2D eigenvalue weighted by Crippen LogP contribution is 2.47. The van der Waals surface area contributed by atoms with E-state index in [0.29, 0.717) is 11.2 Å². The van der Waals surface area contributed by atoms with Gasteiger partial charge in [-0.05, 0) is 46.2 Å². The second kappa shape index (κ2) is 19.7. The Labute approximate surface area is 422 Å². The third-order valence-electron chi connectivity index (χ3n) is 14.2. The molecule has 0 spiro atoms. The molecule has 70 heavy (non-hydrogen) atoms. The van der Waals surface area contributed by atoms with E-state index in [1.807, 2.05) is 4.57 Å². The highest BCUT2D eigenvalue weighted by atomic mass is 35.5. The van der Waals surface area contributed by atoms with E-state index in [1.165, 1.54) is 16.7 Å². The van der Waals surface area contributed by atoms with Gasteiger partial charge in [0, 0.05) is 0 Å². The minimum Gasteiger partial charge on any atom is -0.405 e. The van der Waals surface area contributed by atoms with Crippen molar-refractivity contribution in [2.75, 3.05) is 6.61 Å². The summed E-state index contributed by atoms with van der Waals surface area (Å²) in [4.78, 5) is 14.0. The molecule has 1 saturated heterocycles. The molecule has 3 heterocycles. The van der Waals surface area contributed by atoms with Crippen molar-refractivity contribution >= 4 is 78.8 Å². The summed E-state index contributed by atoms with van der Waals surface area (Å²) in [6.07, 6.45) is 0.344. The lowest BCUT2D eigenvalue weighted by molar-refractivity contribution is -0.0461. The number of hydrogen-bond donors (Lipinski definition) is 0. The van der Waals surface area contributed by atoms with Crippen LogP contribution in [-0.2, 0) is 18.0 Å². The van der Waals surface area contributed by atoms with Crippen molar-refractivity contribution in [2.45, 2.75) is 102 Å². The van der Waals surface area contributed by atoms with E-state index in [0.717, 1.165) is 20.7 Å². The molecule has 9 rings (SSSR count).